The van der Waals surface area contributed by atoms with Gasteiger partial charge in [-0.1, -0.05) is 158 Å². The molecule has 0 spiro atoms. The van der Waals surface area contributed by atoms with Crippen molar-refractivity contribution in [3.63, 3.8) is 0 Å². The Balaban J connectivity index is 0.860. The highest BCUT2D eigenvalue weighted by atomic mass is 15.1. The van der Waals surface area contributed by atoms with Gasteiger partial charge in [0.15, 0.2) is 17.2 Å². The number of hydrogen-bond acceptors (Lipinski definition) is 5. The molecule has 13 aromatic rings. The molecule has 0 aliphatic carbocycles. The summed E-state index contributed by atoms with van der Waals surface area (Å²) in [6.45, 7) is 15.2. The van der Waals surface area contributed by atoms with Crippen LogP contribution in [0.5, 0.6) is 0 Å². The van der Waals surface area contributed by atoms with Crippen LogP contribution in [-0.4, -0.2) is 14.5 Å². The van der Waals surface area contributed by atoms with Gasteiger partial charge in [-0.05, 0) is 149 Å². The highest BCUT2D eigenvalue weighted by Gasteiger charge is 2.21. The molecule has 0 N–H and O–H groups in total. The van der Waals surface area contributed by atoms with Gasteiger partial charge in [-0.15, -0.1) is 0 Å². The summed E-state index contributed by atoms with van der Waals surface area (Å²) in [4.78, 5) is 21.8. The molecule has 0 bridgehead atoms. The van der Waals surface area contributed by atoms with Crippen molar-refractivity contribution in [1.82, 2.24) is 14.5 Å². The zero-order valence-corrected chi connectivity index (χ0v) is 43.6. The largest absolute Gasteiger partial charge is 0.310 e. The number of hydrogen-bond donors (Lipinski definition) is 0. The van der Waals surface area contributed by atoms with Crippen molar-refractivity contribution in [2.75, 3.05) is 9.80 Å². The van der Waals surface area contributed by atoms with E-state index in [9.17, 15) is 5.26 Å². The predicted octanol–water partition coefficient (Wildman–Crippen LogP) is 19.8. The molecule has 0 aliphatic rings. The predicted molar refractivity (Wildman–Crippen MR) is 330 cm³/mol. The molecule has 0 atom stereocenters. The van der Waals surface area contributed by atoms with E-state index in [0.29, 0.717) is 34.2 Å². The van der Waals surface area contributed by atoms with Gasteiger partial charge in [0.2, 0.25) is 0 Å². The van der Waals surface area contributed by atoms with Gasteiger partial charge in [0.1, 0.15) is 0 Å². The van der Waals surface area contributed by atoms with Crippen LogP contribution in [0.3, 0.4) is 0 Å². The highest BCUT2D eigenvalue weighted by molar-refractivity contribution is 6.12. The molecule has 2 heterocycles. The smallest absolute Gasteiger partial charge is 0.187 e. The van der Waals surface area contributed by atoms with E-state index in [2.05, 4.69) is 218 Å². The topological polar surface area (TPSA) is 69.7 Å². The van der Waals surface area contributed by atoms with Crippen LogP contribution in [-0.2, 0) is 0 Å². The maximum absolute atomic E-state index is 10.7. The number of para-hydroxylation sites is 4. The Hall–Kier alpha value is -11.6. The summed E-state index contributed by atoms with van der Waals surface area (Å²) in [6.07, 6.45) is 0. The monoisotopic (exact) mass is 1030 g/mol. The van der Waals surface area contributed by atoms with E-state index in [1.807, 2.05) is 72.8 Å². The van der Waals surface area contributed by atoms with Crippen LogP contribution in [0.1, 0.15) is 5.56 Å². The average Bonchev–Trinajstić information content (AvgIpc) is 4.09. The van der Waals surface area contributed by atoms with E-state index in [1.165, 1.54) is 0 Å². The number of anilines is 6. The fraction of sp³-hybridized carbons (Fsp3) is 0. The second kappa shape index (κ2) is 21.4. The van der Waals surface area contributed by atoms with E-state index in [1.54, 1.807) is 18.2 Å². The number of nitriles is 1. The van der Waals surface area contributed by atoms with E-state index < -0.39 is 0 Å². The Bertz CT molecular complexity index is 4300. The number of fused-ring (bicyclic) bond motifs is 3. The molecule has 0 radical (unpaired) electrons. The van der Waals surface area contributed by atoms with E-state index in [-0.39, 0.29) is 0 Å². The van der Waals surface area contributed by atoms with Crippen LogP contribution in [0.25, 0.3) is 93.3 Å². The summed E-state index contributed by atoms with van der Waals surface area (Å²) in [6, 6.07) is 97.4. The molecule has 0 amide bonds. The first-order valence-corrected chi connectivity index (χ1v) is 26.5. The first kappa shape index (κ1) is 49.0. The van der Waals surface area contributed by atoms with Crippen molar-refractivity contribution >= 4 is 67.3 Å². The van der Waals surface area contributed by atoms with Crippen LogP contribution in [0, 0.1) is 24.5 Å². The van der Waals surface area contributed by atoms with Gasteiger partial charge in [0, 0.05) is 61.7 Å². The molecule has 13 rings (SSSR count). The normalized spacial score (nSPS) is 10.9. The maximum Gasteiger partial charge on any atom is 0.187 e. The first-order chi connectivity index (χ1) is 40.0. The Labute approximate surface area is 469 Å². The summed E-state index contributed by atoms with van der Waals surface area (Å²) in [7, 11) is 0. The molecule has 0 saturated carbocycles. The molecule has 0 saturated heterocycles. The second-order valence-electron chi connectivity index (χ2n) is 19.5. The molecule has 378 valence electrons. The number of benzene rings is 11. The summed E-state index contributed by atoms with van der Waals surface area (Å²) in [5.41, 5.74) is 18.5. The van der Waals surface area contributed by atoms with Crippen LogP contribution in [0.2, 0.25) is 0 Å². The fourth-order valence-corrected chi connectivity index (χ4v) is 10.8. The minimum atomic E-state index is 0.475. The molecule has 8 nitrogen and oxygen atoms in total. The lowest BCUT2D eigenvalue weighted by Crippen LogP contribution is -2.09. The Morgan fingerprint density at radius 1 is 0.358 bits per heavy atom. The van der Waals surface area contributed by atoms with Crippen molar-refractivity contribution < 1.29 is 0 Å². The minimum Gasteiger partial charge on any atom is -0.310 e. The molecule has 8 heteroatoms. The van der Waals surface area contributed by atoms with Gasteiger partial charge in [-0.2, -0.15) is 5.26 Å². The van der Waals surface area contributed by atoms with Crippen molar-refractivity contribution in [1.29, 1.82) is 5.26 Å². The number of nitrogens with zero attached hydrogens (tertiary/aromatic N) is 8. The Kier molecular flexibility index (Phi) is 12.9. The fourth-order valence-electron chi connectivity index (χ4n) is 10.8. The minimum absolute atomic E-state index is 0.475. The maximum atomic E-state index is 10.7. The van der Waals surface area contributed by atoms with Gasteiger partial charge in [-0.25, -0.2) is 19.7 Å². The molecular weight excluding hydrogens is 989 g/mol. The van der Waals surface area contributed by atoms with Gasteiger partial charge < -0.3 is 14.4 Å². The standard InChI is InChI=1S/C73H46N8/c1-75-57-19-15-17-54(44-57)70-48-69(77-73(78-70)55-18-16-20-58(45-55)76-2)52-31-29-51(30-32-52)66-40-35-53(43-56(66)49-74)50-33-36-63(37-34-50)81-71-41-38-64(79(59-21-7-3-8-22-59)60-23-9-4-10-24-60)46-67(71)68-47-65(39-42-72(68)81)80(61-25-11-5-12-26-61)62-27-13-6-14-28-62/h3-48H. The lowest BCUT2D eigenvalue weighted by molar-refractivity contribution is 1.18. The molecule has 11 aromatic carbocycles. The van der Waals surface area contributed by atoms with Crippen molar-refractivity contribution in [3.8, 4) is 67.9 Å². The zero-order chi connectivity index (χ0) is 54.7. The van der Waals surface area contributed by atoms with Crippen LogP contribution < -0.4 is 9.80 Å². The summed E-state index contributed by atoms with van der Waals surface area (Å²) < 4.78 is 2.35. The molecule has 0 aliphatic heterocycles. The van der Waals surface area contributed by atoms with E-state index in [0.717, 1.165) is 101 Å². The first-order valence-electron chi connectivity index (χ1n) is 26.5. The average molecular weight is 1040 g/mol. The molecular formula is C73H46N8. The molecule has 0 fully saturated rings. The SMILES string of the molecule is [C-]#[N+]c1cccc(-c2cc(-c3ccc(-c4ccc(-c5ccc(-n6c7ccc(N(c8ccccc8)c8ccccc8)cc7c7cc(N(c8ccccc8)c8ccccc8)ccc76)cc5)cc4C#N)cc3)nc(-c3cccc([N+]#[C-])c3)n2)c1. The molecule has 2 aromatic heterocycles. The van der Waals surface area contributed by atoms with E-state index in [4.69, 9.17) is 23.1 Å². The van der Waals surface area contributed by atoms with Crippen molar-refractivity contribution in [2.24, 2.45) is 0 Å². The Morgan fingerprint density at radius 3 is 1.30 bits per heavy atom. The lowest BCUT2D eigenvalue weighted by atomic mass is 9.94. The van der Waals surface area contributed by atoms with E-state index >= 15 is 0 Å². The zero-order valence-electron chi connectivity index (χ0n) is 43.6. The van der Waals surface area contributed by atoms with Gasteiger partial charge in [-0.3, -0.25) is 0 Å². The summed E-state index contributed by atoms with van der Waals surface area (Å²) >= 11 is 0. The quantitative estimate of drug-likeness (QED) is 0.114. The lowest BCUT2D eigenvalue weighted by Gasteiger charge is -2.26. The molecule has 0 unspecified atom stereocenters. The van der Waals surface area contributed by atoms with Gasteiger partial charge in [0.25, 0.3) is 0 Å². The summed E-state index contributed by atoms with van der Waals surface area (Å²) in [5.74, 6) is 0.475. The van der Waals surface area contributed by atoms with Crippen molar-refractivity contribution in [2.45, 2.75) is 0 Å². The highest BCUT2D eigenvalue weighted by Crippen LogP contribution is 2.43. The second-order valence-corrected chi connectivity index (χ2v) is 19.5. The van der Waals surface area contributed by atoms with Crippen molar-refractivity contribution in [3.05, 3.63) is 307 Å². The third kappa shape index (κ3) is 9.57. The molecule has 81 heavy (non-hydrogen) atoms. The van der Waals surface area contributed by atoms with Crippen LogP contribution in [0.15, 0.2) is 279 Å². The number of aromatic nitrogens is 3. The van der Waals surface area contributed by atoms with Gasteiger partial charge in [0.05, 0.1) is 47.2 Å². The Morgan fingerprint density at radius 2 is 0.802 bits per heavy atom. The third-order valence-corrected chi connectivity index (χ3v) is 14.6. The summed E-state index contributed by atoms with van der Waals surface area (Å²) in [5, 5.41) is 12.9. The van der Waals surface area contributed by atoms with Crippen LogP contribution in [0.4, 0.5) is 45.5 Å². The number of rotatable bonds is 12. The van der Waals surface area contributed by atoms with Gasteiger partial charge >= 0.3 is 0 Å². The van der Waals surface area contributed by atoms with Crippen LogP contribution >= 0.6 is 0 Å². The third-order valence-electron chi connectivity index (χ3n) is 14.6.